The fourth-order valence-corrected chi connectivity index (χ4v) is 2.63. The molecule has 5 nitrogen and oxygen atoms in total. The summed E-state index contributed by atoms with van der Waals surface area (Å²) in [6.07, 6.45) is 3.15. The molecule has 0 saturated heterocycles. The number of esters is 1. The average molecular weight is 369 g/mol. The Kier molecular flexibility index (Phi) is 8.36. The number of carbonyl (C=O) groups excluding carboxylic acids is 2. The highest BCUT2D eigenvalue weighted by molar-refractivity contribution is 5.94. The van der Waals surface area contributed by atoms with E-state index in [1.807, 2.05) is 12.1 Å². The SMILES string of the molecule is CCCc1ccc(OCCCC(=O)Nc2cccc(C(=O)OCC)c2)cc1. The monoisotopic (exact) mass is 369 g/mol. The van der Waals surface area contributed by atoms with Gasteiger partial charge in [0.1, 0.15) is 5.75 Å². The van der Waals surface area contributed by atoms with E-state index in [-0.39, 0.29) is 5.91 Å². The summed E-state index contributed by atoms with van der Waals surface area (Å²) in [6, 6.07) is 14.8. The van der Waals surface area contributed by atoms with Gasteiger partial charge in [-0.25, -0.2) is 4.79 Å². The standard InChI is InChI=1S/C22H27NO4/c1-3-7-17-11-13-20(14-12-17)27-15-6-10-21(24)23-19-9-5-8-18(16-19)22(25)26-4-2/h5,8-9,11-14,16H,3-4,6-7,10,15H2,1-2H3,(H,23,24). The molecule has 27 heavy (non-hydrogen) atoms. The smallest absolute Gasteiger partial charge is 0.338 e. The van der Waals surface area contributed by atoms with Gasteiger partial charge >= 0.3 is 5.97 Å². The van der Waals surface area contributed by atoms with Crippen molar-refractivity contribution in [3.63, 3.8) is 0 Å². The number of aryl methyl sites for hydroxylation is 1. The van der Waals surface area contributed by atoms with Gasteiger partial charge in [-0.1, -0.05) is 31.5 Å². The van der Waals surface area contributed by atoms with E-state index >= 15 is 0 Å². The number of benzene rings is 2. The first-order valence-corrected chi connectivity index (χ1v) is 9.41. The Morgan fingerprint density at radius 3 is 2.52 bits per heavy atom. The third kappa shape index (κ3) is 7.13. The van der Waals surface area contributed by atoms with Gasteiger partial charge < -0.3 is 14.8 Å². The van der Waals surface area contributed by atoms with Crippen LogP contribution < -0.4 is 10.1 Å². The van der Waals surface area contributed by atoms with Crippen molar-refractivity contribution in [3.8, 4) is 5.75 Å². The highest BCUT2D eigenvalue weighted by atomic mass is 16.5. The quantitative estimate of drug-likeness (QED) is 0.490. The summed E-state index contributed by atoms with van der Waals surface area (Å²) < 4.78 is 10.6. The van der Waals surface area contributed by atoms with Crippen molar-refractivity contribution in [2.45, 2.75) is 39.5 Å². The van der Waals surface area contributed by atoms with Crippen molar-refractivity contribution < 1.29 is 19.1 Å². The van der Waals surface area contributed by atoms with Crippen LogP contribution in [0.5, 0.6) is 5.75 Å². The van der Waals surface area contributed by atoms with E-state index in [0.717, 1.165) is 18.6 Å². The van der Waals surface area contributed by atoms with Crippen molar-refractivity contribution in [2.24, 2.45) is 0 Å². The Morgan fingerprint density at radius 2 is 1.81 bits per heavy atom. The first kappa shape index (κ1) is 20.5. The average Bonchev–Trinajstić information content (AvgIpc) is 2.67. The van der Waals surface area contributed by atoms with Gasteiger partial charge in [-0.05, 0) is 55.7 Å². The fraction of sp³-hybridized carbons (Fsp3) is 0.364. The molecule has 2 aromatic rings. The summed E-state index contributed by atoms with van der Waals surface area (Å²) in [4.78, 5) is 23.8. The van der Waals surface area contributed by atoms with Crippen molar-refractivity contribution >= 4 is 17.6 Å². The molecule has 1 amide bonds. The lowest BCUT2D eigenvalue weighted by Crippen LogP contribution is -2.13. The van der Waals surface area contributed by atoms with E-state index in [4.69, 9.17) is 9.47 Å². The number of carbonyl (C=O) groups is 2. The van der Waals surface area contributed by atoms with Crippen LogP contribution in [-0.4, -0.2) is 25.1 Å². The van der Waals surface area contributed by atoms with Crippen LogP contribution in [0.3, 0.4) is 0 Å². The number of rotatable bonds is 10. The summed E-state index contributed by atoms with van der Waals surface area (Å²) in [6.45, 7) is 4.70. The maximum atomic E-state index is 12.1. The molecule has 0 aromatic heterocycles. The summed E-state index contributed by atoms with van der Waals surface area (Å²) in [7, 11) is 0. The van der Waals surface area contributed by atoms with Gasteiger partial charge in [0.2, 0.25) is 5.91 Å². The lowest BCUT2D eigenvalue weighted by molar-refractivity contribution is -0.116. The molecular formula is C22H27NO4. The van der Waals surface area contributed by atoms with Crippen LogP contribution in [0.1, 0.15) is 49.0 Å². The number of amides is 1. The zero-order valence-corrected chi connectivity index (χ0v) is 16.0. The van der Waals surface area contributed by atoms with E-state index in [1.165, 1.54) is 5.56 Å². The highest BCUT2D eigenvalue weighted by Gasteiger charge is 2.08. The molecular weight excluding hydrogens is 342 g/mol. The van der Waals surface area contributed by atoms with Crippen LogP contribution >= 0.6 is 0 Å². The lowest BCUT2D eigenvalue weighted by Gasteiger charge is -2.09. The predicted molar refractivity (Wildman–Crippen MR) is 106 cm³/mol. The maximum Gasteiger partial charge on any atom is 0.338 e. The molecule has 0 heterocycles. The minimum atomic E-state index is -0.396. The van der Waals surface area contributed by atoms with Gasteiger partial charge in [0.15, 0.2) is 0 Å². The summed E-state index contributed by atoms with van der Waals surface area (Å²) in [5.41, 5.74) is 2.30. The van der Waals surface area contributed by atoms with Gasteiger partial charge in [-0.2, -0.15) is 0 Å². The third-order valence-corrected chi connectivity index (χ3v) is 3.94. The molecule has 5 heteroatoms. The summed E-state index contributed by atoms with van der Waals surface area (Å²) >= 11 is 0. The van der Waals surface area contributed by atoms with E-state index in [0.29, 0.717) is 37.3 Å². The maximum absolute atomic E-state index is 12.1. The van der Waals surface area contributed by atoms with Crippen molar-refractivity contribution in [2.75, 3.05) is 18.5 Å². The lowest BCUT2D eigenvalue weighted by atomic mass is 10.1. The van der Waals surface area contributed by atoms with Crippen LogP contribution in [0.25, 0.3) is 0 Å². The van der Waals surface area contributed by atoms with Gasteiger partial charge in [0.25, 0.3) is 0 Å². The van der Waals surface area contributed by atoms with Crippen molar-refractivity contribution in [3.05, 3.63) is 59.7 Å². The fourth-order valence-electron chi connectivity index (χ4n) is 2.63. The number of nitrogens with one attached hydrogen (secondary N) is 1. The van der Waals surface area contributed by atoms with Crippen LogP contribution in [0.2, 0.25) is 0 Å². The molecule has 2 aromatic carbocycles. The Hall–Kier alpha value is -2.82. The van der Waals surface area contributed by atoms with E-state index in [1.54, 1.807) is 31.2 Å². The van der Waals surface area contributed by atoms with E-state index in [2.05, 4.69) is 24.4 Å². The summed E-state index contributed by atoms with van der Waals surface area (Å²) in [5, 5.41) is 2.80. The van der Waals surface area contributed by atoms with Crippen LogP contribution in [0, 0.1) is 0 Å². The Balaban J connectivity index is 1.73. The molecule has 1 N–H and O–H groups in total. The molecule has 0 aliphatic carbocycles. The Bertz CT molecular complexity index is 740. The second kappa shape index (κ2) is 11.0. The first-order chi connectivity index (χ1) is 13.1. The molecule has 0 bridgehead atoms. The normalized spacial score (nSPS) is 10.3. The molecule has 0 fully saturated rings. The van der Waals surface area contributed by atoms with Crippen LogP contribution in [0.4, 0.5) is 5.69 Å². The zero-order chi connectivity index (χ0) is 19.5. The number of ether oxygens (including phenoxy) is 2. The van der Waals surface area contributed by atoms with Crippen molar-refractivity contribution in [1.29, 1.82) is 0 Å². The minimum Gasteiger partial charge on any atom is -0.494 e. The molecule has 0 atom stereocenters. The molecule has 0 aliphatic rings. The largest absolute Gasteiger partial charge is 0.494 e. The van der Waals surface area contributed by atoms with Crippen LogP contribution in [0.15, 0.2) is 48.5 Å². The Labute approximate surface area is 160 Å². The molecule has 0 aliphatic heterocycles. The van der Waals surface area contributed by atoms with Gasteiger partial charge in [-0.15, -0.1) is 0 Å². The molecule has 2 rings (SSSR count). The topological polar surface area (TPSA) is 64.6 Å². The molecule has 0 radical (unpaired) electrons. The van der Waals surface area contributed by atoms with E-state index < -0.39 is 5.97 Å². The number of anilines is 1. The van der Waals surface area contributed by atoms with Gasteiger partial charge in [-0.3, -0.25) is 4.79 Å². The molecule has 0 spiro atoms. The first-order valence-electron chi connectivity index (χ1n) is 9.41. The highest BCUT2D eigenvalue weighted by Crippen LogP contribution is 2.15. The van der Waals surface area contributed by atoms with E-state index in [9.17, 15) is 9.59 Å². The number of hydrogen-bond donors (Lipinski definition) is 1. The number of hydrogen-bond acceptors (Lipinski definition) is 4. The predicted octanol–water partition coefficient (Wildman–Crippen LogP) is 4.61. The van der Waals surface area contributed by atoms with Gasteiger partial charge in [0, 0.05) is 12.1 Å². The minimum absolute atomic E-state index is 0.113. The Morgan fingerprint density at radius 1 is 1.04 bits per heavy atom. The second-order valence-corrected chi connectivity index (χ2v) is 6.20. The van der Waals surface area contributed by atoms with Gasteiger partial charge in [0.05, 0.1) is 18.8 Å². The van der Waals surface area contributed by atoms with Crippen molar-refractivity contribution in [1.82, 2.24) is 0 Å². The molecule has 0 unspecified atom stereocenters. The molecule has 144 valence electrons. The zero-order valence-electron chi connectivity index (χ0n) is 16.0. The molecule has 0 saturated carbocycles. The summed E-state index contributed by atoms with van der Waals surface area (Å²) in [5.74, 6) is 0.308. The second-order valence-electron chi connectivity index (χ2n) is 6.20. The third-order valence-electron chi connectivity index (χ3n) is 3.94. The van der Waals surface area contributed by atoms with Crippen LogP contribution in [-0.2, 0) is 16.0 Å².